The monoisotopic (exact) mass is 141 g/mol. The van der Waals surface area contributed by atoms with E-state index in [1.165, 1.54) is 12.8 Å². The molecule has 1 rings (SSSR count). The van der Waals surface area contributed by atoms with Crippen LogP contribution in [0.15, 0.2) is 0 Å². The van der Waals surface area contributed by atoms with Crippen molar-refractivity contribution in [1.82, 2.24) is 5.32 Å². The van der Waals surface area contributed by atoms with E-state index in [-0.39, 0.29) is 0 Å². The number of nitrogens with one attached hydrogen (secondary N) is 1. The maximum Gasteiger partial charge on any atom is 0.0150 e. The summed E-state index contributed by atoms with van der Waals surface area (Å²) < 4.78 is 0. The second-order valence-corrected chi connectivity index (χ2v) is 4.29. The molecule has 0 aromatic heterocycles. The highest BCUT2D eigenvalue weighted by molar-refractivity contribution is 4.91. The average molecular weight is 141 g/mol. The molecule has 0 spiro atoms. The molecule has 0 saturated heterocycles. The van der Waals surface area contributed by atoms with E-state index in [0.717, 1.165) is 12.0 Å². The summed E-state index contributed by atoms with van der Waals surface area (Å²) in [5.74, 6) is 0.730. The van der Waals surface area contributed by atoms with Crippen molar-refractivity contribution >= 4 is 0 Å². The molecular formula is C9H19N. The van der Waals surface area contributed by atoms with Crippen LogP contribution < -0.4 is 5.32 Å². The van der Waals surface area contributed by atoms with Gasteiger partial charge in [-0.05, 0) is 32.6 Å². The normalized spacial score (nSPS) is 20.1. The van der Waals surface area contributed by atoms with Crippen molar-refractivity contribution in [3.05, 3.63) is 0 Å². The van der Waals surface area contributed by atoms with Gasteiger partial charge < -0.3 is 5.32 Å². The Morgan fingerprint density at radius 1 is 1.30 bits per heavy atom. The minimum atomic E-state index is 0.334. The molecule has 0 amide bonds. The lowest BCUT2D eigenvalue weighted by Gasteiger charge is -2.30. The Balaban J connectivity index is 2.33. The lowest BCUT2D eigenvalue weighted by molar-refractivity contribution is 0.285. The summed E-state index contributed by atoms with van der Waals surface area (Å²) in [6.45, 7) is 9.12. The number of hydrogen-bond donors (Lipinski definition) is 1. The van der Waals surface area contributed by atoms with Gasteiger partial charge in [-0.1, -0.05) is 13.8 Å². The molecule has 0 bridgehead atoms. The highest BCUT2D eigenvalue weighted by Crippen LogP contribution is 2.25. The van der Waals surface area contributed by atoms with Crippen molar-refractivity contribution in [2.24, 2.45) is 5.92 Å². The van der Waals surface area contributed by atoms with Gasteiger partial charge in [0.2, 0.25) is 0 Å². The summed E-state index contributed by atoms with van der Waals surface area (Å²) in [7, 11) is 0. The predicted octanol–water partition coefficient (Wildman–Crippen LogP) is 2.17. The van der Waals surface area contributed by atoms with Crippen LogP contribution in [0.5, 0.6) is 0 Å². The van der Waals surface area contributed by atoms with Gasteiger partial charge in [-0.15, -0.1) is 0 Å². The highest BCUT2D eigenvalue weighted by Gasteiger charge is 2.30. The standard InChI is InChI=1S/C9H19N/c1-7(2)9(3,4)10-8-5-6-8/h7-8,10H,5-6H2,1-4H3. The Bertz CT molecular complexity index is 112. The van der Waals surface area contributed by atoms with Crippen LogP contribution in [0.1, 0.15) is 40.5 Å². The van der Waals surface area contributed by atoms with Crippen molar-refractivity contribution in [1.29, 1.82) is 0 Å². The van der Waals surface area contributed by atoms with Gasteiger partial charge in [0.1, 0.15) is 0 Å². The van der Waals surface area contributed by atoms with Gasteiger partial charge in [-0.25, -0.2) is 0 Å². The van der Waals surface area contributed by atoms with E-state index >= 15 is 0 Å². The van der Waals surface area contributed by atoms with Crippen LogP contribution >= 0.6 is 0 Å². The first-order valence-corrected chi connectivity index (χ1v) is 4.30. The maximum absolute atomic E-state index is 3.63. The fourth-order valence-electron chi connectivity index (χ4n) is 0.920. The van der Waals surface area contributed by atoms with Gasteiger partial charge in [0.05, 0.1) is 0 Å². The molecule has 0 radical (unpaired) electrons. The molecule has 0 heterocycles. The van der Waals surface area contributed by atoms with Crippen LogP contribution in [0.4, 0.5) is 0 Å². The molecule has 1 fully saturated rings. The van der Waals surface area contributed by atoms with E-state index < -0.39 is 0 Å². The summed E-state index contributed by atoms with van der Waals surface area (Å²) in [6, 6.07) is 0.831. The number of hydrogen-bond acceptors (Lipinski definition) is 1. The first kappa shape index (κ1) is 8.06. The molecule has 0 aromatic rings. The van der Waals surface area contributed by atoms with Crippen LogP contribution in [0, 0.1) is 5.92 Å². The van der Waals surface area contributed by atoms with Crippen LogP contribution in [0.25, 0.3) is 0 Å². The Hall–Kier alpha value is -0.0400. The molecule has 1 nitrogen and oxygen atoms in total. The molecule has 1 saturated carbocycles. The molecular weight excluding hydrogens is 122 g/mol. The van der Waals surface area contributed by atoms with Gasteiger partial charge in [-0.3, -0.25) is 0 Å². The van der Waals surface area contributed by atoms with E-state index in [2.05, 4.69) is 33.0 Å². The molecule has 1 aliphatic carbocycles. The molecule has 0 aliphatic heterocycles. The van der Waals surface area contributed by atoms with Crippen molar-refractivity contribution in [2.75, 3.05) is 0 Å². The molecule has 1 heteroatoms. The quantitative estimate of drug-likeness (QED) is 0.635. The molecule has 0 unspecified atom stereocenters. The fourth-order valence-corrected chi connectivity index (χ4v) is 0.920. The van der Waals surface area contributed by atoms with Crippen molar-refractivity contribution in [3.8, 4) is 0 Å². The topological polar surface area (TPSA) is 12.0 Å². The fraction of sp³-hybridized carbons (Fsp3) is 1.00. The summed E-state index contributed by atoms with van der Waals surface area (Å²) in [6.07, 6.45) is 2.77. The summed E-state index contributed by atoms with van der Waals surface area (Å²) >= 11 is 0. The minimum Gasteiger partial charge on any atom is -0.309 e. The minimum absolute atomic E-state index is 0.334. The third-order valence-corrected chi connectivity index (χ3v) is 2.60. The first-order chi connectivity index (χ1) is 4.52. The van der Waals surface area contributed by atoms with E-state index in [4.69, 9.17) is 0 Å². The lowest BCUT2D eigenvalue weighted by Crippen LogP contribution is -2.45. The SMILES string of the molecule is CC(C)C(C)(C)NC1CC1. The van der Waals surface area contributed by atoms with Crippen LogP contribution in [-0.2, 0) is 0 Å². The predicted molar refractivity (Wildman–Crippen MR) is 45.1 cm³/mol. The maximum atomic E-state index is 3.63. The van der Waals surface area contributed by atoms with Crippen molar-refractivity contribution in [2.45, 2.75) is 52.1 Å². The molecule has 1 aliphatic rings. The zero-order valence-corrected chi connectivity index (χ0v) is 7.57. The van der Waals surface area contributed by atoms with Gasteiger partial charge in [0.15, 0.2) is 0 Å². The Kier molecular flexibility index (Phi) is 2.04. The average Bonchev–Trinajstić information content (AvgIpc) is 2.48. The smallest absolute Gasteiger partial charge is 0.0150 e. The Labute approximate surface area is 64.2 Å². The molecule has 0 atom stereocenters. The van der Waals surface area contributed by atoms with E-state index in [1.54, 1.807) is 0 Å². The third kappa shape index (κ3) is 1.98. The molecule has 1 N–H and O–H groups in total. The zero-order chi connectivity index (χ0) is 7.78. The van der Waals surface area contributed by atoms with Gasteiger partial charge >= 0.3 is 0 Å². The van der Waals surface area contributed by atoms with Crippen LogP contribution in [-0.4, -0.2) is 11.6 Å². The summed E-state index contributed by atoms with van der Waals surface area (Å²) in [4.78, 5) is 0. The molecule has 10 heavy (non-hydrogen) atoms. The largest absolute Gasteiger partial charge is 0.309 e. The van der Waals surface area contributed by atoms with Crippen LogP contribution in [0.3, 0.4) is 0 Å². The summed E-state index contributed by atoms with van der Waals surface area (Å²) in [5, 5.41) is 3.63. The first-order valence-electron chi connectivity index (χ1n) is 4.30. The molecule has 0 aromatic carbocycles. The Morgan fingerprint density at radius 3 is 2.10 bits per heavy atom. The van der Waals surface area contributed by atoms with Gasteiger partial charge in [-0.2, -0.15) is 0 Å². The summed E-state index contributed by atoms with van der Waals surface area (Å²) in [5.41, 5.74) is 0.334. The lowest BCUT2D eigenvalue weighted by atomic mass is 9.91. The van der Waals surface area contributed by atoms with Gasteiger partial charge in [0, 0.05) is 11.6 Å². The van der Waals surface area contributed by atoms with E-state index in [1.807, 2.05) is 0 Å². The van der Waals surface area contributed by atoms with Crippen molar-refractivity contribution in [3.63, 3.8) is 0 Å². The van der Waals surface area contributed by atoms with E-state index in [9.17, 15) is 0 Å². The molecule has 60 valence electrons. The number of rotatable bonds is 3. The highest BCUT2D eigenvalue weighted by atomic mass is 15.0. The Morgan fingerprint density at radius 2 is 1.80 bits per heavy atom. The third-order valence-electron chi connectivity index (χ3n) is 2.60. The van der Waals surface area contributed by atoms with Crippen molar-refractivity contribution < 1.29 is 0 Å². The second kappa shape index (κ2) is 2.54. The van der Waals surface area contributed by atoms with Gasteiger partial charge in [0.25, 0.3) is 0 Å². The van der Waals surface area contributed by atoms with E-state index in [0.29, 0.717) is 5.54 Å². The zero-order valence-electron chi connectivity index (χ0n) is 7.57. The second-order valence-electron chi connectivity index (χ2n) is 4.29. The van der Waals surface area contributed by atoms with Crippen LogP contribution in [0.2, 0.25) is 0 Å².